The van der Waals surface area contributed by atoms with E-state index in [1.165, 1.54) is 6.07 Å². The standard InChI is InChI=1S/C20H20ClFN6O/c1-29-9-8-26-11-23-19-25-18(14-7-6-13(21)10-15(14)22)28-17-5-3-2-4-16(17)24-20(28)27(19)12-26/h2-7,10,18H,8-9,11-12H2,1H3,(H,23,25)/t18-/m0/s1. The first kappa shape index (κ1) is 18.4. The highest BCUT2D eigenvalue weighted by atomic mass is 35.5. The third-order valence-corrected chi connectivity index (χ3v) is 5.46. The average Bonchev–Trinajstić information content (AvgIpc) is 3.12. The molecule has 0 bridgehead atoms. The summed E-state index contributed by atoms with van der Waals surface area (Å²) in [6.45, 7) is 2.55. The summed E-state index contributed by atoms with van der Waals surface area (Å²) in [6.07, 6.45) is -0.477. The first-order chi connectivity index (χ1) is 14.2. The molecule has 7 nitrogen and oxygen atoms in total. The monoisotopic (exact) mass is 414 g/mol. The normalized spacial score (nSPS) is 18.9. The van der Waals surface area contributed by atoms with Crippen LogP contribution in [-0.2, 0) is 4.74 Å². The molecule has 150 valence electrons. The summed E-state index contributed by atoms with van der Waals surface area (Å²) in [5.74, 6) is 1.04. The summed E-state index contributed by atoms with van der Waals surface area (Å²) in [6, 6.07) is 12.6. The molecule has 29 heavy (non-hydrogen) atoms. The Morgan fingerprint density at radius 2 is 2.14 bits per heavy atom. The van der Waals surface area contributed by atoms with Gasteiger partial charge in [0.25, 0.3) is 0 Å². The van der Waals surface area contributed by atoms with Gasteiger partial charge in [0, 0.05) is 24.2 Å². The molecule has 0 unspecified atom stereocenters. The van der Waals surface area contributed by atoms with Gasteiger partial charge in [-0.05, 0) is 24.3 Å². The van der Waals surface area contributed by atoms with Crippen molar-refractivity contribution >= 4 is 34.5 Å². The lowest BCUT2D eigenvalue weighted by molar-refractivity contribution is 0.147. The number of nitrogens with zero attached hydrogens (tertiary/aromatic N) is 5. The third-order valence-electron chi connectivity index (χ3n) is 5.23. The molecule has 3 heterocycles. The Hall–Kier alpha value is -2.68. The lowest BCUT2D eigenvalue weighted by atomic mass is 10.1. The zero-order chi connectivity index (χ0) is 20.0. The van der Waals surface area contributed by atoms with E-state index in [0.29, 0.717) is 36.5 Å². The van der Waals surface area contributed by atoms with Gasteiger partial charge in [0.1, 0.15) is 12.0 Å². The third kappa shape index (κ3) is 3.13. The Balaban J connectivity index is 1.64. The van der Waals surface area contributed by atoms with Crippen molar-refractivity contribution in [3.8, 4) is 0 Å². The highest BCUT2D eigenvalue weighted by molar-refractivity contribution is 6.30. The minimum atomic E-state index is -0.477. The van der Waals surface area contributed by atoms with Gasteiger partial charge in [-0.15, -0.1) is 0 Å². The zero-order valence-electron chi connectivity index (χ0n) is 15.8. The van der Waals surface area contributed by atoms with Crippen molar-refractivity contribution in [3.63, 3.8) is 0 Å². The number of anilines is 1. The predicted molar refractivity (Wildman–Crippen MR) is 111 cm³/mol. The Labute approximate surface area is 172 Å². The van der Waals surface area contributed by atoms with Crippen LogP contribution < -0.4 is 10.2 Å². The number of rotatable bonds is 4. The smallest absolute Gasteiger partial charge is 0.216 e. The number of imidazole rings is 1. The Morgan fingerprint density at radius 3 is 2.97 bits per heavy atom. The molecule has 0 fully saturated rings. The van der Waals surface area contributed by atoms with Crippen LogP contribution in [0.3, 0.4) is 0 Å². The molecule has 3 aromatic rings. The molecule has 2 aliphatic rings. The number of aromatic nitrogens is 2. The molecule has 1 N–H and O–H groups in total. The highest BCUT2D eigenvalue weighted by Crippen LogP contribution is 2.35. The Bertz CT molecular complexity index is 1100. The zero-order valence-corrected chi connectivity index (χ0v) is 16.6. The molecule has 5 rings (SSSR count). The summed E-state index contributed by atoms with van der Waals surface area (Å²) in [7, 11) is 1.69. The van der Waals surface area contributed by atoms with E-state index >= 15 is 0 Å². The van der Waals surface area contributed by atoms with Crippen LogP contribution in [0.15, 0.2) is 47.5 Å². The number of nitrogens with one attached hydrogen (secondary N) is 1. The molecule has 2 aliphatic heterocycles. The van der Waals surface area contributed by atoms with E-state index in [1.54, 1.807) is 19.2 Å². The molecular weight excluding hydrogens is 395 g/mol. The van der Waals surface area contributed by atoms with E-state index in [4.69, 9.17) is 21.3 Å². The van der Waals surface area contributed by atoms with Crippen molar-refractivity contribution in [1.29, 1.82) is 0 Å². The van der Waals surface area contributed by atoms with Gasteiger partial charge in [0.05, 0.1) is 31.0 Å². The molecule has 9 heteroatoms. The molecule has 0 saturated carbocycles. The van der Waals surface area contributed by atoms with E-state index in [-0.39, 0.29) is 5.82 Å². The molecular formula is C20H20ClFN6O. The predicted octanol–water partition coefficient (Wildman–Crippen LogP) is 3.02. The lowest BCUT2D eigenvalue weighted by Gasteiger charge is -2.41. The van der Waals surface area contributed by atoms with E-state index < -0.39 is 6.17 Å². The quantitative estimate of drug-likeness (QED) is 0.711. The summed E-state index contributed by atoms with van der Waals surface area (Å²) in [4.78, 5) is 13.7. The SMILES string of the molecule is COCCN1CN=C2N[C@H](c3ccc(Cl)cc3F)n3c(nc4ccccc43)N2C1. The average molecular weight is 415 g/mol. The Kier molecular flexibility index (Phi) is 4.61. The molecule has 0 radical (unpaired) electrons. The van der Waals surface area contributed by atoms with Gasteiger partial charge in [-0.1, -0.05) is 29.8 Å². The molecule has 1 aromatic heterocycles. The Morgan fingerprint density at radius 1 is 1.28 bits per heavy atom. The van der Waals surface area contributed by atoms with Crippen LogP contribution in [0.4, 0.5) is 10.3 Å². The molecule has 0 aliphatic carbocycles. The maximum atomic E-state index is 14.8. The first-order valence-electron chi connectivity index (χ1n) is 9.37. The summed E-state index contributed by atoms with van der Waals surface area (Å²) < 4.78 is 22.0. The topological polar surface area (TPSA) is 57.9 Å². The molecule has 0 amide bonds. The van der Waals surface area contributed by atoms with Crippen LogP contribution in [0.2, 0.25) is 5.02 Å². The van der Waals surface area contributed by atoms with Crippen molar-refractivity contribution in [1.82, 2.24) is 19.8 Å². The number of ether oxygens (including phenoxy) is 1. The second kappa shape index (κ2) is 7.29. The van der Waals surface area contributed by atoms with E-state index in [9.17, 15) is 4.39 Å². The van der Waals surface area contributed by atoms with Crippen molar-refractivity contribution in [2.75, 3.05) is 38.5 Å². The lowest BCUT2D eigenvalue weighted by Crippen LogP contribution is -2.57. The summed E-state index contributed by atoms with van der Waals surface area (Å²) in [5.41, 5.74) is 2.25. The maximum Gasteiger partial charge on any atom is 0.216 e. The van der Waals surface area contributed by atoms with Crippen LogP contribution in [0, 0.1) is 5.82 Å². The number of hydrogen-bond acceptors (Lipinski definition) is 6. The fourth-order valence-corrected chi connectivity index (χ4v) is 3.97. The molecule has 0 spiro atoms. The van der Waals surface area contributed by atoms with E-state index in [2.05, 4.69) is 15.2 Å². The number of guanidine groups is 1. The molecule has 0 saturated heterocycles. The van der Waals surface area contributed by atoms with Crippen molar-refractivity contribution in [3.05, 3.63) is 58.9 Å². The van der Waals surface area contributed by atoms with Gasteiger partial charge in [0.15, 0.2) is 0 Å². The second-order valence-corrected chi connectivity index (χ2v) is 7.50. The number of benzene rings is 2. The number of aliphatic imine (C=N–C) groups is 1. The first-order valence-corrected chi connectivity index (χ1v) is 9.75. The second-order valence-electron chi connectivity index (χ2n) is 7.06. The number of fused-ring (bicyclic) bond motifs is 5. The van der Waals surface area contributed by atoms with Crippen molar-refractivity contribution in [2.24, 2.45) is 4.99 Å². The molecule has 1 atom stereocenters. The van der Waals surface area contributed by atoms with Crippen LogP contribution in [0.25, 0.3) is 11.0 Å². The van der Waals surface area contributed by atoms with Gasteiger partial charge in [-0.3, -0.25) is 14.4 Å². The maximum absolute atomic E-state index is 14.8. The van der Waals surface area contributed by atoms with Gasteiger partial charge >= 0.3 is 0 Å². The van der Waals surface area contributed by atoms with Crippen LogP contribution >= 0.6 is 11.6 Å². The van der Waals surface area contributed by atoms with Gasteiger partial charge < -0.3 is 10.1 Å². The summed E-state index contributed by atoms with van der Waals surface area (Å²) in [5, 5.41) is 3.77. The van der Waals surface area contributed by atoms with Gasteiger partial charge in [-0.2, -0.15) is 0 Å². The summed E-state index contributed by atoms with van der Waals surface area (Å²) >= 11 is 5.97. The highest BCUT2D eigenvalue weighted by Gasteiger charge is 2.36. The largest absolute Gasteiger partial charge is 0.383 e. The van der Waals surface area contributed by atoms with Gasteiger partial charge in [0.2, 0.25) is 11.9 Å². The fourth-order valence-electron chi connectivity index (χ4n) is 3.81. The minimum absolute atomic E-state index is 0.364. The minimum Gasteiger partial charge on any atom is -0.383 e. The van der Waals surface area contributed by atoms with Crippen molar-refractivity contribution < 1.29 is 9.13 Å². The van der Waals surface area contributed by atoms with Gasteiger partial charge in [-0.25, -0.2) is 14.4 Å². The van der Waals surface area contributed by atoms with Crippen LogP contribution in [-0.4, -0.2) is 54.0 Å². The van der Waals surface area contributed by atoms with E-state index in [1.807, 2.05) is 33.7 Å². The number of halogens is 2. The fraction of sp³-hybridized carbons (Fsp3) is 0.300. The number of methoxy groups -OCH3 is 1. The van der Waals surface area contributed by atoms with Crippen molar-refractivity contribution in [2.45, 2.75) is 6.17 Å². The molecule has 2 aromatic carbocycles. The number of hydrogen-bond donors (Lipinski definition) is 1. The van der Waals surface area contributed by atoms with E-state index in [0.717, 1.165) is 23.5 Å². The van der Waals surface area contributed by atoms with Crippen LogP contribution in [0.1, 0.15) is 11.7 Å². The van der Waals surface area contributed by atoms with Crippen LogP contribution in [0.5, 0.6) is 0 Å². The number of para-hydroxylation sites is 2.